The molecule has 1 aliphatic heterocycles. The summed E-state index contributed by atoms with van der Waals surface area (Å²) in [5.74, 6) is 0. The van der Waals surface area contributed by atoms with Crippen molar-refractivity contribution in [3.8, 4) is 0 Å². The van der Waals surface area contributed by atoms with Gasteiger partial charge in [-0.1, -0.05) is 0 Å². The van der Waals surface area contributed by atoms with E-state index in [-0.39, 0.29) is 11.6 Å². The van der Waals surface area contributed by atoms with E-state index in [2.05, 4.69) is 22.4 Å². The van der Waals surface area contributed by atoms with Crippen LogP contribution in [0.1, 0.15) is 20.3 Å². The van der Waals surface area contributed by atoms with Crippen LogP contribution in [0.5, 0.6) is 0 Å². The highest BCUT2D eigenvalue weighted by Gasteiger charge is 2.36. The molecule has 0 aromatic carbocycles. The van der Waals surface area contributed by atoms with Gasteiger partial charge in [-0.3, -0.25) is 0 Å². The molecule has 0 bridgehead atoms. The maximum Gasteiger partial charge on any atom is 0.0962 e. The fraction of sp³-hybridized carbons (Fsp3) is 0.857. The Labute approximate surface area is 66.3 Å². The summed E-state index contributed by atoms with van der Waals surface area (Å²) in [5, 5.41) is 2.41. The first-order chi connectivity index (χ1) is 4.69. The summed E-state index contributed by atoms with van der Waals surface area (Å²) in [6.07, 6.45) is 1.14. The molecule has 0 amide bonds. The lowest BCUT2D eigenvalue weighted by Crippen LogP contribution is -2.29. The molecule has 2 nitrogen and oxygen atoms in total. The van der Waals surface area contributed by atoms with Gasteiger partial charge >= 0.3 is 0 Å². The third-order valence-electron chi connectivity index (χ3n) is 2.15. The SMILES string of the molecule is CC1OCCC1(C)N=C=S. The zero-order valence-corrected chi connectivity index (χ0v) is 7.07. The van der Waals surface area contributed by atoms with Gasteiger partial charge in [-0.2, -0.15) is 0 Å². The Morgan fingerprint density at radius 3 is 2.90 bits per heavy atom. The molecule has 0 aromatic heterocycles. The maximum atomic E-state index is 5.34. The molecule has 1 aliphatic rings. The van der Waals surface area contributed by atoms with Crippen molar-refractivity contribution >= 4 is 17.4 Å². The van der Waals surface area contributed by atoms with Gasteiger partial charge in [0.1, 0.15) is 0 Å². The van der Waals surface area contributed by atoms with Crippen LogP contribution in [0.2, 0.25) is 0 Å². The summed E-state index contributed by atoms with van der Waals surface area (Å²) in [5.41, 5.74) is -0.109. The van der Waals surface area contributed by atoms with Gasteiger partial charge in [0, 0.05) is 6.61 Å². The van der Waals surface area contributed by atoms with Crippen molar-refractivity contribution in [2.24, 2.45) is 4.99 Å². The smallest absolute Gasteiger partial charge is 0.0962 e. The predicted molar refractivity (Wildman–Crippen MR) is 43.5 cm³/mol. The molecular formula is C7H11NOS. The number of nitrogens with zero attached hydrogens (tertiary/aromatic N) is 1. The summed E-state index contributed by atoms with van der Waals surface area (Å²) in [7, 11) is 0. The standard InChI is InChI=1S/C7H11NOS/c1-6-7(2,8-5-10)3-4-9-6/h6H,3-4H2,1-2H3. The lowest BCUT2D eigenvalue weighted by atomic mass is 9.96. The van der Waals surface area contributed by atoms with Crippen molar-refractivity contribution in [3.05, 3.63) is 0 Å². The normalized spacial score (nSPS) is 39.2. The van der Waals surface area contributed by atoms with Crippen LogP contribution in [0.15, 0.2) is 4.99 Å². The molecule has 0 spiro atoms. The zero-order valence-electron chi connectivity index (χ0n) is 6.26. The minimum Gasteiger partial charge on any atom is -0.376 e. The van der Waals surface area contributed by atoms with E-state index >= 15 is 0 Å². The molecule has 2 atom stereocenters. The molecule has 0 aromatic rings. The molecule has 10 heavy (non-hydrogen) atoms. The second-order valence-electron chi connectivity index (χ2n) is 2.82. The van der Waals surface area contributed by atoms with Crippen LogP contribution < -0.4 is 0 Å². The summed E-state index contributed by atoms with van der Waals surface area (Å²) in [4.78, 5) is 4.08. The van der Waals surface area contributed by atoms with Crippen LogP contribution in [-0.2, 0) is 4.74 Å². The molecule has 1 saturated heterocycles. The maximum absolute atomic E-state index is 5.34. The summed E-state index contributed by atoms with van der Waals surface area (Å²) < 4.78 is 5.34. The van der Waals surface area contributed by atoms with Gasteiger partial charge in [-0.25, -0.2) is 4.99 Å². The number of isothiocyanates is 1. The molecule has 1 heterocycles. The van der Waals surface area contributed by atoms with Crippen molar-refractivity contribution in [2.75, 3.05) is 6.61 Å². The van der Waals surface area contributed by atoms with Gasteiger partial charge < -0.3 is 4.74 Å². The number of rotatable bonds is 1. The highest BCUT2D eigenvalue weighted by molar-refractivity contribution is 7.78. The first-order valence-electron chi connectivity index (χ1n) is 3.40. The van der Waals surface area contributed by atoms with E-state index < -0.39 is 0 Å². The molecule has 0 radical (unpaired) electrons. The van der Waals surface area contributed by atoms with Crippen LogP contribution in [0.3, 0.4) is 0 Å². The number of hydrogen-bond donors (Lipinski definition) is 0. The highest BCUT2D eigenvalue weighted by Crippen LogP contribution is 2.28. The van der Waals surface area contributed by atoms with Gasteiger partial charge in [0.2, 0.25) is 0 Å². The fourth-order valence-electron chi connectivity index (χ4n) is 1.08. The molecule has 0 saturated carbocycles. The van der Waals surface area contributed by atoms with Gasteiger partial charge in [-0.05, 0) is 32.5 Å². The summed E-state index contributed by atoms with van der Waals surface area (Å²) in [6.45, 7) is 4.85. The molecular weight excluding hydrogens is 146 g/mol. The number of aliphatic imine (C=N–C) groups is 1. The van der Waals surface area contributed by atoms with Crippen molar-refractivity contribution < 1.29 is 4.74 Å². The molecule has 0 aliphatic carbocycles. The minimum absolute atomic E-state index is 0.109. The van der Waals surface area contributed by atoms with Crippen molar-refractivity contribution in [1.29, 1.82) is 0 Å². The van der Waals surface area contributed by atoms with E-state index in [0.29, 0.717) is 0 Å². The van der Waals surface area contributed by atoms with Crippen LogP contribution in [-0.4, -0.2) is 23.4 Å². The molecule has 3 heteroatoms. The summed E-state index contributed by atoms with van der Waals surface area (Å²) >= 11 is 4.54. The Kier molecular flexibility index (Phi) is 2.19. The van der Waals surface area contributed by atoms with Crippen LogP contribution >= 0.6 is 12.2 Å². The lowest BCUT2D eigenvalue weighted by molar-refractivity contribution is 0.101. The highest BCUT2D eigenvalue weighted by atomic mass is 32.1. The van der Waals surface area contributed by atoms with E-state index in [4.69, 9.17) is 4.74 Å². The molecule has 56 valence electrons. The average molecular weight is 157 g/mol. The van der Waals surface area contributed by atoms with Crippen LogP contribution in [0, 0.1) is 0 Å². The first kappa shape index (κ1) is 7.86. The van der Waals surface area contributed by atoms with Gasteiger partial charge in [0.15, 0.2) is 0 Å². The Morgan fingerprint density at radius 1 is 1.80 bits per heavy atom. The number of thiocarbonyl (C=S) groups is 1. The van der Waals surface area contributed by atoms with Crippen molar-refractivity contribution in [2.45, 2.75) is 31.9 Å². The lowest BCUT2D eigenvalue weighted by Gasteiger charge is -2.19. The van der Waals surface area contributed by atoms with E-state index in [1.54, 1.807) is 0 Å². The van der Waals surface area contributed by atoms with Gasteiger partial charge in [0.25, 0.3) is 0 Å². The molecule has 0 N–H and O–H groups in total. The first-order valence-corrected chi connectivity index (χ1v) is 3.80. The monoisotopic (exact) mass is 157 g/mol. The largest absolute Gasteiger partial charge is 0.376 e. The Morgan fingerprint density at radius 2 is 2.50 bits per heavy atom. The molecule has 2 unspecified atom stereocenters. The molecule has 1 fully saturated rings. The van der Waals surface area contributed by atoms with Gasteiger partial charge in [-0.15, -0.1) is 0 Å². The minimum atomic E-state index is -0.109. The second kappa shape index (κ2) is 2.79. The van der Waals surface area contributed by atoms with Crippen molar-refractivity contribution in [1.82, 2.24) is 0 Å². The van der Waals surface area contributed by atoms with Crippen LogP contribution in [0.4, 0.5) is 0 Å². The van der Waals surface area contributed by atoms with E-state index in [1.165, 1.54) is 0 Å². The molecule has 1 rings (SSSR count). The topological polar surface area (TPSA) is 21.6 Å². The second-order valence-corrected chi connectivity index (χ2v) is 3.01. The zero-order chi connectivity index (χ0) is 7.61. The quantitative estimate of drug-likeness (QED) is 0.426. The Bertz CT molecular complexity index is 176. The Hall–Kier alpha value is -0.240. The van der Waals surface area contributed by atoms with Crippen molar-refractivity contribution in [3.63, 3.8) is 0 Å². The summed E-state index contributed by atoms with van der Waals surface area (Å²) in [6, 6.07) is 0. The third-order valence-corrected chi connectivity index (χ3v) is 2.24. The predicted octanol–water partition coefficient (Wildman–Crippen LogP) is 1.66. The van der Waals surface area contributed by atoms with Gasteiger partial charge in [0.05, 0.1) is 16.8 Å². The third kappa shape index (κ3) is 1.26. The number of hydrogen-bond acceptors (Lipinski definition) is 3. The average Bonchev–Trinajstić information content (AvgIpc) is 2.15. The Balaban J connectivity index is 2.74. The van der Waals surface area contributed by atoms with E-state index in [1.807, 2.05) is 13.8 Å². The number of ether oxygens (including phenoxy) is 1. The van der Waals surface area contributed by atoms with E-state index in [9.17, 15) is 0 Å². The van der Waals surface area contributed by atoms with Crippen LogP contribution in [0.25, 0.3) is 0 Å². The fourth-order valence-corrected chi connectivity index (χ4v) is 1.28. The van der Waals surface area contributed by atoms with E-state index in [0.717, 1.165) is 13.0 Å².